The summed E-state index contributed by atoms with van der Waals surface area (Å²) in [6.07, 6.45) is 0. The molecule has 0 bridgehead atoms. The molecule has 0 spiro atoms. The molecule has 2 aromatic carbocycles. The molecule has 0 saturated heterocycles. The highest BCUT2D eigenvalue weighted by atomic mass is 35.5. The van der Waals surface area contributed by atoms with E-state index in [2.05, 4.69) is 20.6 Å². The van der Waals surface area contributed by atoms with Gasteiger partial charge in [0.05, 0.1) is 11.6 Å². The van der Waals surface area contributed by atoms with Crippen LogP contribution in [0.2, 0.25) is 10.0 Å². The van der Waals surface area contributed by atoms with Gasteiger partial charge in [-0.15, -0.1) is 0 Å². The highest BCUT2D eigenvalue weighted by molar-refractivity contribution is 6.35. The minimum absolute atomic E-state index is 0.0703. The lowest BCUT2D eigenvalue weighted by atomic mass is 9.79. The Morgan fingerprint density at radius 1 is 1.12 bits per heavy atom. The molecule has 2 aliphatic heterocycles. The molecule has 5 rings (SSSR count). The van der Waals surface area contributed by atoms with Gasteiger partial charge in [0, 0.05) is 22.5 Å². The second kappa shape index (κ2) is 8.89. The van der Waals surface area contributed by atoms with Crippen molar-refractivity contribution in [1.82, 2.24) is 9.97 Å². The number of carbonyl (C=O) groups excluding carboxylic acids is 1. The molecule has 0 fully saturated rings. The van der Waals surface area contributed by atoms with Crippen LogP contribution in [0.3, 0.4) is 0 Å². The lowest BCUT2D eigenvalue weighted by Gasteiger charge is -2.29. The molecule has 3 aromatic rings. The number of amides is 1. The molecule has 2 aliphatic rings. The summed E-state index contributed by atoms with van der Waals surface area (Å²) in [5.41, 5.74) is 0.980. The van der Waals surface area contributed by atoms with E-state index in [4.69, 9.17) is 32.7 Å². The first-order valence-corrected chi connectivity index (χ1v) is 11.1. The number of fused-ring (bicyclic) bond motifs is 2. The maximum atomic E-state index is 13.1. The van der Waals surface area contributed by atoms with E-state index in [9.17, 15) is 14.9 Å². The topological polar surface area (TPSA) is 129 Å². The van der Waals surface area contributed by atoms with Crippen LogP contribution in [0, 0.1) is 17.2 Å². The number of nitrogens with zero attached hydrogens (tertiary/aromatic N) is 2. The van der Waals surface area contributed by atoms with E-state index in [0.717, 1.165) is 5.56 Å². The number of aromatic nitrogens is 2. The number of benzene rings is 2. The Morgan fingerprint density at radius 2 is 1.91 bits per heavy atom. The van der Waals surface area contributed by atoms with Crippen molar-refractivity contribution in [3.8, 4) is 17.6 Å². The highest BCUT2D eigenvalue weighted by Gasteiger charge is 2.41. The minimum Gasteiger partial charge on any atom is -0.486 e. The average Bonchev–Trinajstić information content (AvgIpc) is 2.82. The van der Waals surface area contributed by atoms with Gasteiger partial charge in [0.2, 0.25) is 11.9 Å². The number of rotatable bonds is 4. The van der Waals surface area contributed by atoms with Gasteiger partial charge in [0.25, 0.3) is 5.56 Å². The maximum Gasteiger partial charge on any atom is 0.258 e. The van der Waals surface area contributed by atoms with Gasteiger partial charge in [0.15, 0.2) is 11.5 Å². The predicted molar refractivity (Wildman–Crippen MR) is 126 cm³/mol. The van der Waals surface area contributed by atoms with Crippen molar-refractivity contribution in [2.24, 2.45) is 5.92 Å². The van der Waals surface area contributed by atoms with Crippen molar-refractivity contribution in [2.45, 2.75) is 12.5 Å². The molecular weight excluding hydrogens is 481 g/mol. The van der Waals surface area contributed by atoms with E-state index in [1.807, 2.05) is 24.3 Å². The number of aromatic amines is 1. The van der Waals surface area contributed by atoms with E-state index in [1.165, 1.54) is 6.07 Å². The Kier molecular flexibility index (Phi) is 5.77. The zero-order chi connectivity index (χ0) is 23.8. The SMILES string of the molecule is N#CC1C(=O)Nc2nc(NCc3ccc4c(c3)OCCO4)[nH]c(=O)c2C1c1ccc(Cl)cc1Cl. The van der Waals surface area contributed by atoms with E-state index in [-0.39, 0.29) is 22.4 Å². The lowest BCUT2D eigenvalue weighted by Crippen LogP contribution is -2.38. The summed E-state index contributed by atoms with van der Waals surface area (Å²) in [6.45, 7) is 1.32. The largest absolute Gasteiger partial charge is 0.486 e. The van der Waals surface area contributed by atoms with Crippen molar-refractivity contribution in [3.05, 3.63) is 73.5 Å². The van der Waals surface area contributed by atoms with Crippen molar-refractivity contribution < 1.29 is 14.3 Å². The summed E-state index contributed by atoms with van der Waals surface area (Å²) in [5.74, 6) is -1.07. The van der Waals surface area contributed by atoms with Gasteiger partial charge in [-0.25, -0.2) is 0 Å². The summed E-state index contributed by atoms with van der Waals surface area (Å²) < 4.78 is 11.1. The summed E-state index contributed by atoms with van der Waals surface area (Å²) in [7, 11) is 0. The highest BCUT2D eigenvalue weighted by Crippen LogP contribution is 2.41. The van der Waals surface area contributed by atoms with Crippen molar-refractivity contribution in [1.29, 1.82) is 5.26 Å². The molecule has 2 unspecified atom stereocenters. The third-order valence-electron chi connectivity index (χ3n) is 5.63. The normalized spacial score (nSPS) is 18.4. The molecule has 11 heteroatoms. The average molecular weight is 498 g/mol. The second-order valence-electron chi connectivity index (χ2n) is 7.75. The summed E-state index contributed by atoms with van der Waals surface area (Å²) in [5, 5.41) is 15.9. The van der Waals surface area contributed by atoms with E-state index >= 15 is 0 Å². The number of anilines is 2. The summed E-state index contributed by atoms with van der Waals surface area (Å²) >= 11 is 12.4. The number of hydrogen-bond acceptors (Lipinski definition) is 7. The molecule has 1 amide bonds. The summed E-state index contributed by atoms with van der Waals surface area (Å²) in [4.78, 5) is 32.9. The maximum absolute atomic E-state index is 13.1. The Balaban J connectivity index is 1.47. The second-order valence-corrected chi connectivity index (χ2v) is 8.59. The molecule has 172 valence electrons. The molecule has 3 heterocycles. The predicted octanol–water partition coefficient (Wildman–Crippen LogP) is 3.68. The first kappa shape index (κ1) is 22.1. The number of halogens is 2. The number of hydrogen-bond donors (Lipinski definition) is 3. The Bertz CT molecular complexity index is 1400. The van der Waals surface area contributed by atoms with Gasteiger partial charge in [-0.05, 0) is 35.4 Å². The molecule has 2 atom stereocenters. The number of H-pyrrole nitrogens is 1. The first-order chi connectivity index (χ1) is 16.4. The molecule has 0 radical (unpaired) electrons. The van der Waals surface area contributed by atoms with Gasteiger partial charge >= 0.3 is 0 Å². The van der Waals surface area contributed by atoms with Crippen LogP contribution < -0.4 is 25.7 Å². The number of carbonyl (C=O) groups is 1. The van der Waals surface area contributed by atoms with E-state index in [1.54, 1.807) is 12.1 Å². The molecule has 9 nitrogen and oxygen atoms in total. The zero-order valence-electron chi connectivity index (χ0n) is 17.5. The van der Waals surface area contributed by atoms with Crippen LogP contribution in [-0.4, -0.2) is 29.1 Å². The Labute approximate surface area is 203 Å². The quantitative estimate of drug-likeness (QED) is 0.501. The Morgan fingerprint density at radius 3 is 2.68 bits per heavy atom. The standard InChI is InChI=1S/C23H17Cl2N5O4/c24-12-2-3-13(15(25)8-12)18-14(9-26)21(31)28-20-19(18)22(32)30-23(29-20)27-10-11-1-4-16-17(7-11)34-6-5-33-16/h1-4,7-8,14,18H,5-6,10H2,(H3,27,28,29,30,31,32). The monoisotopic (exact) mass is 497 g/mol. The molecule has 1 aromatic heterocycles. The minimum atomic E-state index is -1.16. The van der Waals surface area contributed by atoms with Gasteiger partial charge < -0.3 is 20.1 Å². The van der Waals surface area contributed by atoms with E-state index in [0.29, 0.717) is 41.8 Å². The molecule has 3 N–H and O–H groups in total. The number of ether oxygens (including phenoxy) is 2. The molecule has 0 aliphatic carbocycles. The lowest BCUT2D eigenvalue weighted by molar-refractivity contribution is -0.119. The van der Waals surface area contributed by atoms with Crippen LogP contribution in [0.25, 0.3) is 0 Å². The number of nitriles is 1. The van der Waals surface area contributed by atoms with Crippen LogP contribution in [0.15, 0.2) is 41.2 Å². The smallest absolute Gasteiger partial charge is 0.258 e. The zero-order valence-corrected chi connectivity index (χ0v) is 19.0. The molecule has 34 heavy (non-hydrogen) atoms. The summed E-state index contributed by atoms with van der Waals surface area (Å²) in [6, 6.07) is 12.2. The molecule has 0 saturated carbocycles. The van der Waals surface area contributed by atoms with Crippen LogP contribution in [0.4, 0.5) is 11.8 Å². The van der Waals surface area contributed by atoms with Gasteiger partial charge in [0.1, 0.15) is 24.9 Å². The van der Waals surface area contributed by atoms with Gasteiger partial charge in [-0.1, -0.05) is 35.3 Å². The fraction of sp³-hybridized carbons (Fsp3) is 0.217. The van der Waals surface area contributed by atoms with Crippen LogP contribution in [0.1, 0.15) is 22.6 Å². The Hall–Kier alpha value is -3.74. The van der Waals surface area contributed by atoms with E-state index < -0.39 is 23.3 Å². The fourth-order valence-corrected chi connectivity index (χ4v) is 4.59. The first-order valence-electron chi connectivity index (χ1n) is 10.4. The fourth-order valence-electron chi connectivity index (χ4n) is 4.07. The van der Waals surface area contributed by atoms with Crippen LogP contribution >= 0.6 is 23.2 Å². The van der Waals surface area contributed by atoms with Crippen molar-refractivity contribution >= 4 is 40.9 Å². The van der Waals surface area contributed by atoms with Gasteiger partial charge in [-0.2, -0.15) is 10.2 Å². The number of nitrogens with one attached hydrogen (secondary N) is 3. The third-order valence-corrected chi connectivity index (χ3v) is 6.19. The van der Waals surface area contributed by atoms with Crippen molar-refractivity contribution in [2.75, 3.05) is 23.8 Å². The van der Waals surface area contributed by atoms with Crippen LogP contribution in [-0.2, 0) is 11.3 Å². The van der Waals surface area contributed by atoms with Crippen molar-refractivity contribution in [3.63, 3.8) is 0 Å². The van der Waals surface area contributed by atoms with Crippen LogP contribution in [0.5, 0.6) is 11.5 Å². The van der Waals surface area contributed by atoms with Gasteiger partial charge in [-0.3, -0.25) is 14.6 Å². The third kappa shape index (κ3) is 4.02. The molecular formula is C23H17Cl2N5O4.